The first-order valence-electron chi connectivity index (χ1n) is 4.36. The largest absolute Gasteiger partial charge is 0.405 e. The van der Waals surface area contributed by atoms with Gasteiger partial charge >= 0.3 is 6.18 Å². The van der Waals surface area contributed by atoms with Gasteiger partial charge in [-0.2, -0.15) is 13.2 Å². The first-order chi connectivity index (χ1) is 6.66. The molecule has 0 bridgehead atoms. The van der Waals surface area contributed by atoms with E-state index in [0.29, 0.717) is 0 Å². The van der Waals surface area contributed by atoms with E-state index in [-0.39, 0.29) is 13.2 Å². The predicted molar refractivity (Wildman–Crippen MR) is 48.2 cm³/mol. The number of alkyl halides is 3. The van der Waals surface area contributed by atoms with E-state index in [9.17, 15) is 18.0 Å². The fraction of sp³-hybridized carbons (Fsp3) is 0.875. The molecule has 0 spiro atoms. The lowest BCUT2D eigenvalue weighted by molar-refractivity contribution is -0.138. The molecular formula is C8H15F3N2O2. The van der Waals surface area contributed by atoms with Gasteiger partial charge < -0.3 is 15.7 Å². The fourth-order valence-corrected chi connectivity index (χ4v) is 0.637. The lowest BCUT2D eigenvalue weighted by Crippen LogP contribution is -2.48. The minimum absolute atomic E-state index is 0.209. The highest BCUT2D eigenvalue weighted by Crippen LogP contribution is 2.11. The van der Waals surface area contributed by atoms with Crippen LogP contribution in [0.1, 0.15) is 13.8 Å². The maximum atomic E-state index is 11.7. The van der Waals surface area contributed by atoms with Gasteiger partial charge in [0.2, 0.25) is 5.91 Å². The van der Waals surface area contributed by atoms with Gasteiger partial charge in [-0.25, -0.2) is 0 Å². The minimum atomic E-state index is -4.40. The molecule has 0 atom stereocenters. The summed E-state index contributed by atoms with van der Waals surface area (Å²) >= 11 is 0. The van der Waals surface area contributed by atoms with Gasteiger partial charge in [0.1, 0.15) is 6.54 Å². The van der Waals surface area contributed by atoms with E-state index in [0.717, 1.165) is 0 Å². The van der Waals surface area contributed by atoms with Gasteiger partial charge in [0, 0.05) is 5.54 Å². The number of amides is 1. The molecule has 0 rings (SSSR count). The van der Waals surface area contributed by atoms with Crippen LogP contribution in [0.5, 0.6) is 0 Å². The van der Waals surface area contributed by atoms with E-state index < -0.39 is 24.2 Å². The van der Waals surface area contributed by atoms with Crippen molar-refractivity contribution in [3.63, 3.8) is 0 Å². The molecular weight excluding hydrogens is 213 g/mol. The summed E-state index contributed by atoms with van der Waals surface area (Å²) < 4.78 is 35.0. The van der Waals surface area contributed by atoms with Crippen LogP contribution in [-0.2, 0) is 4.79 Å². The van der Waals surface area contributed by atoms with Crippen LogP contribution < -0.4 is 10.6 Å². The zero-order valence-corrected chi connectivity index (χ0v) is 8.61. The van der Waals surface area contributed by atoms with E-state index >= 15 is 0 Å². The van der Waals surface area contributed by atoms with Crippen molar-refractivity contribution < 1.29 is 23.1 Å². The van der Waals surface area contributed by atoms with Gasteiger partial charge in [-0.1, -0.05) is 0 Å². The van der Waals surface area contributed by atoms with Crippen molar-refractivity contribution in [2.75, 3.05) is 19.7 Å². The Balaban J connectivity index is 3.77. The first-order valence-corrected chi connectivity index (χ1v) is 4.36. The average Bonchev–Trinajstić information content (AvgIpc) is 2.10. The van der Waals surface area contributed by atoms with Crippen molar-refractivity contribution in [1.82, 2.24) is 10.6 Å². The van der Waals surface area contributed by atoms with Crippen molar-refractivity contribution in [2.45, 2.75) is 25.6 Å². The molecule has 0 aromatic heterocycles. The summed E-state index contributed by atoms with van der Waals surface area (Å²) in [5, 5.41) is 13.1. The maximum absolute atomic E-state index is 11.7. The van der Waals surface area contributed by atoms with Gasteiger partial charge in [-0.05, 0) is 13.8 Å². The Labute approximate surface area is 85.8 Å². The number of aliphatic hydroxyl groups excluding tert-OH is 1. The summed E-state index contributed by atoms with van der Waals surface area (Å²) in [6.45, 7) is 1.45. The van der Waals surface area contributed by atoms with E-state index in [1.165, 1.54) is 0 Å². The summed E-state index contributed by atoms with van der Waals surface area (Å²) in [5.74, 6) is -0.756. The summed E-state index contributed by atoms with van der Waals surface area (Å²) in [7, 11) is 0. The predicted octanol–water partition coefficient (Wildman–Crippen LogP) is 0.0254. The first kappa shape index (κ1) is 14.2. The number of hydrogen-bond donors (Lipinski definition) is 3. The van der Waals surface area contributed by atoms with Crippen LogP contribution in [0, 0.1) is 0 Å². The monoisotopic (exact) mass is 228 g/mol. The third-order valence-corrected chi connectivity index (χ3v) is 1.61. The van der Waals surface area contributed by atoms with E-state index in [1.54, 1.807) is 19.2 Å². The summed E-state index contributed by atoms with van der Waals surface area (Å²) in [5.41, 5.74) is -0.685. The van der Waals surface area contributed by atoms with Gasteiger partial charge in [0.15, 0.2) is 0 Å². The zero-order valence-electron chi connectivity index (χ0n) is 8.61. The molecule has 7 heteroatoms. The molecule has 0 unspecified atom stereocenters. The van der Waals surface area contributed by atoms with E-state index in [1.807, 2.05) is 0 Å². The Morgan fingerprint density at radius 1 is 1.33 bits per heavy atom. The minimum Gasteiger partial charge on any atom is -0.394 e. The van der Waals surface area contributed by atoms with Crippen molar-refractivity contribution in [1.29, 1.82) is 0 Å². The Bertz CT molecular complexity index is 216. The summed E-state index contributed by atoms with van der Waals surface area (Å²) in [4.78, 5) is 10.9. The van der Waals surface area contributed by atoms with Crippen LogP contribution in [0.25, 0.3) is 0 Å². The van der Waals surface area contributed by atoms with Crippen LogP contribution in [0.4, 0.5) is 13.2 Å². The molecule has 15 heavy (non-hydrogen) atoms. The molecule has 0 aromatic carbocycles. The number of aliphatic hydroxyl groups is 1. The number of nitrogens with one attached hydrogen (secondary N) is 2. The standard InChI is InChI=1S/C8H15F3N2O2/c1-7(2,5-14)13-3-6(15)12-4-8(9,10)11/h13-14H,3-5H2,1-2H3,(H,12,15). The molecule has 4 nitrogen and oxygen atoms in total. The van der Waals surface area contributed by atoms with Crippen molar-refractivity contribution in [2.24, 2.45) is 0 Å². The molecule has 0 fully saturated rings. The highest BCUT2D eigenvalue weighted by molar-refractivity contribution is 5.78. The highest BCUT2D eigenvalue weighted by Gasteiger charge is 2.27. The van der Waals surface area contributed by atoms with Crippen molar-refractivity contribution >= 4 is 5.91 Å². The molecule has 0 aliphatic rings. The smallest absolute Gasteiger partial charge is 0.394 e. The van der Waals surface area contributed by atoms with Gasteiger partial charge in [-0.3, -0.25) is 4.79 Å². The molecule has 0 saturated heterocycles. The SMILES string of the molecule is CC(C)(CO)NCC(=O)NCC(F)(F)F. The lowest BCUT2D eigenvalue weighted by Gasteiger charge is -2.23. The lowest BCUT2D eigenvalue weighted by atomic mass is 10.1. The summed E-state index contributed by atoms with van der Waals surface area (Å²) in [6.07, 6.45) is -4.40. The number of carbonyl (C=O) groups excluding carboxylic acids is 1. The Morgan fingerprint density at radius 3 is 2.27 bits per heavy atom. The molecule has 0 aromatic rings. The average molecular weight is 228 g/mol. The second kappa shape index (κ2) is 5.32. The third kappa shape index (κ3) is 8.19. The molecule has 90 valence electrons. The van der Waals surface area contributed by atoms with Gasteiger partial charge in [-0.15, -0.1) is 0 Å². The van der Waals surface area contributed by atoms with Crippen LogP contribution in [0.15, 0.2) is 0 Å². The Morgan fingerprint density at radius 2 is 1.87 bits per heavy atom. The molecule has 0 heterocycles. The number of hydrogen-bond acceptors (Lipinski definition) is 3. The summed E-state index contributed by atoms with van der Waals surface area (Å²) in [6, 6.07) is 0. The zero-order chi connectivity index (χ0) is 12.1. The van der Waals surface area contributed by atoms with E-state index in [4.69, 9.17) is 5.11 Å². The topological polar surface area (TPSA) is 61.4 Å². The highest BCUT2D eigenvalue weighted by atomic mass is 19.4. The Hall–Kier alpha value is -0.820. The van der Waals surface area contributed by atoms with Crippen molar-refractivity contribution in [3.05, 3.63) is 0 Å². The molecule has 0 radical (unpaired) electrons. The molecule has 0 saturated carbocycles. The third-order valence-electron chi connectivity index (χ3n) is 1.61. The van der Waals surface area contributed by atoms with Crippen LogP contribution in [0.3, 0.4) is 0 Å². The van der Waals surface area contributed by atoms with Crippen LogP contribution >= 0.6 is 0 Å². The maximum Gasteiger partial charge on any atom is 0.405 e. The molecule has 3 N–H and O–H groups in total. The van der Waals surface area contributed by atoms with Crippen LogP contribution in [0.2, 0.25) is 0 Å². The normalized spacial score (nSPS) is 12.7. The molecule has 0 aliphatic carbocycles. The fourth-order valence-electron chi connectivity index (χ4n) is 0.637. The number of carbonyl (C=O) groups is 1. The molecule has 0 aliphatic heterocycles. The van der Waals surface area contributed by atoms with Gasteiger partial charge in [0.25, 0.3) is 0 Å². The van der Waals surface area contributed by atoms with Crippen LogP contribution in [-0.4, -0.2) is 42.4 Å². The number of rotatable bonds is 5. The second-order valence-corrected chi connectivity index (χ2v) is 3.79. The Kier molecular flexibility index (Phi) is 5.02. The van der Waals surface area contributed by atoms with Crippen molar-refractivity contribution in [3.8, 4) is 0 Å². The quantitative estimate of drug-likeness (QED) is 0.622. The van der Waals surface area contributed by atoms with E-state index in [2.05, 4.69) is 5.32 Å². The number of halogens is 3. The molecule has 1 amide bonds. The van der Waals surface area contributed by atoms with Gasteiger partial charge in [0.05, 0.1) is 13.2 Å². The second-order valence-electron chi connectivity index (χ2n) is 3.79.